The number of hydrogen-bond donors (Lipinski definition) is 2. The molecule has 1 aromatic rings. The number of rotatable bonds is 9. The molecule has 1 aliphatic heterocycles. The second-order valence-corrected chi connectivity index (χ2v) is 7.03. The van der Waals surface area contributed by atoms with E-state index in [1.807, 2.05) is 14.0 Å². The van der Waals surface area contributed by atoms with E-state index >= 15 is 0 Å². The van der Waals surface area contributed by atoms with Gasteiger partial charge in [0, 0.05) is 39.4 Å². The Morgan fingerprint density at radius 1 is 1.26 bits per heavy atom. The molecule has 1 aromatic carbocycles. The van der Waals surface area contributed by atoms with Crippen molar-refractivity contribution in [2.45, 2.75) is 32.2 Å². The molecule has 1 heterocycles. The van der Waals surface area contributed by atoms with Crippen LogP contribution in [0.1, 0.15) is 37.8 Å². The molecular weight excluding hydrogens is 340 g/mol. The lowest BCUT2D eigenvalue weighted by molar-refractivity contribution is 0.122. The van der Waals surface area contributed by atoms with E-state index in [0.29, 0.717) is 12.0 Å². The maximum absolute atomic E-state index is 5.38. The van der Waals surface area contributed by atoms with Crippen molar-refractivity contribution in [2.75, 3.05) is 54.1 Å². The van der Waals surface area contributed by atoms with Crippen molar-refractivity contribution in [3.05, 3.63) is 29.8 Å². The summed E-state index contributed by atoms with van der Waals surface area (Å²) in [7, 11) is 5.76. The third-order valence-electron chi connectivity index (χ3n) is 5.18. The fourth-order valence-corrected chi connectivity index (χ4v) is 3.77. The van der Waals surface area contributed by atoms with Gasteiger partial charge >= 0.3 is 0 Å². The number of aliphatic imine (C=N–C) groups is 1. The Hall–Kier alpha value is -1.79. The fourth-order valence-electron chi connectivity index (χ4n) is 3.77. The van der Waals surface area contributed by atoms with Crippen LogP contribution < -0.4 is 15.4 Å². The minimum Gasteiger partial charge on any atom is -0.497 e. The molecule has 0 saturated carbocycles. The number of piperidine rings is 1. The summed E-state index contributed by atoms with van der Waals surface area (Å²) >= 11 is 0. The van der Waals surface area contributed by atoms with Gasteiger partial charge in [0.05, 0.1) is 7.11 Å². The molecule has 2 N–H and O–H groups in total. The average Bonchev–Trinajstić information content (AvgIpc) is 2.70. The Morgan fingerprint density at radius 2 is 2.04 bits per heavy atom. The van der Waals surface area contributed by atoms with Gasteiger partial charge < -0.3 is 20.1 Å². The minimum atomic E-state index is 0.410. The van der Waals surface area contributed by atoms with Gasteiger partial charge in [-0.05, 0) is 63.4 Å². The molecule has 152 valence electrons. The third-order valence-corrected chi connectivity index (χ3v) is 5.18. The van der Waals surface area contributed by atoms with Gasteiger partial charge in [0.15, 0.2) is 5.96 Å². The van der Waals surface area contributed by atoms with Gasteiger partial charge in [-0.15, -0.1) is 0 Å². The molecule has 0 aromatic heterocycles. The SMILES string of the molecule is CCOCCCNC(=NC)NCC1CCCN(C)C1c1ccc(OC)cc1. The molecule has 2 rings (SSSR count). The van der Waals surface area contributed by atoms with Gasteiger partial charge in [0.1, 0.15) is 5.75 Å². The van der Waals surface area contributed by atoms with Crippen LogP contribution in [0.2, 0.25) is 0 Å². The van der Waals surface area contributed by atoms with Crippen LogP contribution in [0.4, 0.5) is 0 Å². The van der Waals surface area contributed by atoms with Crippen LogP contribution >= 0.6 is 0 Å². The molecule has 2 atom stereocenters. The van der Waals surface area contributed by atoms with Crippen LogP contribution in [0.25, 0.3) is 0 Å². The predicted molar refractivity (Wildman–Crippen MR) is 112 cm³/mol. The quantitative estimate of drug-likeness (QED) is 0.394. The maximum atomic E-state index is 5.38. The smallest absolute Gasteiger partial charge is 0.190 e. The van der Waals surface area contributed by atoms with Crippen LogP contribution in [0.3, 0.4) is 0 Å². The Morgan fingerprint density at radius 3 is 2.70 bits per heavy atom. The molecule has 0 amide bonds. The van der Waals surface area contributed by atoms with Crippen molar-refractivity contribution >= 4 is 5.96 Å². The van der Waals surface area contributed by atoms with E-state index < -0.39 is 0 Å². The van der Waals surface area contributed by atoms with Crippen LogP contribution in [0, 0.1) is 5.92 Å². The Labute approximate surface area is 164 Å². The largest absolute Gasteiger partial charge is 0.497 e. The van der Waals surface area contributed by atoms with E-state index in [1.165, 1.54) is 18.4 Å². The van der Waals surface area contributed by atoms with Crippen LogP contribution in [-0.2, 0) is 4.74 Å². The lowest BCUT2D eigenvalue weighted by atomic mass is 9.85. The van der Waals surface area contributed by atoms with Gasteiger partial charge in [-0.25, -0.2) is 0 Å². The average molecular weight is 377 g/mol. The first-order valence-electron chi connectivity index (χ1n) is 10.1. The third kappa shape index (κ3) is 6.70. The molecule has 1 saturated heterocycles. The number of hydrogen-bond acceptors (Lipinski definition) is 4. The van der Waals surface area contributed by atoms with E-state index in [0.717, 1.165) is 51.0 Å². The minimum absolute atomic E-state index is 0.410. The van der Waals surface area contributed by atoms with Gasteiger partial charge in [-0.1, -0.05) is 12.1 Å². The highest BCUT2D eigenvalue weighted by Crippen LogP contribution is 2.35. The van der Waals surface area contributed by atoms with Crippen molar-refractivity contribution < 1.29 is 9.47 Å². The Kier molecular flexibility index (Phi) is 9.42. The van der Waals surface area contributed by atoms with E-state index in [9.17, 15) is 0 Å². The van der Waals surface area contributed by atoms with Crippen LogP contribution in [0.15, 0.2) is 29.3 Å². The molecule has 0 bridgehead atoms. The van der Waals surface area contributed by atoms with Crippen molar-refractivity contribution in [2.24, 2.45) is 10.9 Å². The highest BCUT2D eigenvalue weighted by atomic mass is 16.5. The summed E-state index contributed by atoms with van der Waals surface area (Å²) in [6.07, 6.45) is 3.43. The first-order chi connectivity index (χ1) is 13.2. The molecule has 2 unspecified atom stereocenters. The lowest BCUT2D eigenvalue weighted by Gasteiger charge is -2.40. The molecule has 27 heavy (non-hydrogen) atoms. The number of ether oxygens (including phenoxy) is 2. The summed E-state index contributed by atoms with van der Waals surface area (Å²) in [6, 6.07) is 8.91. The van der Waals surface area contributed by atoms with Crippen molar-refractivity contribution in [1.29, 1.82) is 0 Å². The molecule has 0 spiro atoms. The number of nitrogens with one attached hydrogen (secondary N) is 2. The predicted octanol–water partition coefficient (Wildman–Crippen LogP) is 2.67. The van der Waals surface area contributed by atoms with Crippen LogP contribution in [-0.4, -0.2) is 64.9 Å². The van der Waals surface area contributed by atoms with Crippen molar-refractivity contribution in [3.8, 4) is 5.75 Å². The zero-order valence-electron chi connectivity index (χ0n) is 17.3. The first-order valence-corrected chi connectivity index (χ1v) is 10.1. The molecular formula is C21H36N4O2. The molecule has 0 radical (unpaired) electrons. The molecule has 1 fully saturated rings. The summed E-state index contributed by atoms with van der Waals surface area (Å²) in [5.74, 6) is 2.32. The molecule has 0 aliphatic carbocycles. The molecule has 1 aliphatic rings. The summed E-state index contributed by atoms with van der Waals surface area (Å²) in [6.45, 7) is 6.49. The van der Waals surface area contributed by atoms with E-state index in [1.54, 1.807) is 7.11 Å². The second kappa shape index (κ2) is 11.8. The monoisotopic (exact) mass is 376 g/mol. The summed E-state index contributed by atoms with van der Waals surface area (Å²) in [4.78, 5) is 6.82. The van der Waals surface area contributed by atoms with Crippen molar-refractivity contribution in [3.63, 3.8) is 0 Å². The molecule has 6 nitrogen and oxygen atoms in total. The second-order valence-electron chi connectivity index (χ2n) is 7.03. The number of guanidine groups is 1. The highest BCUT2D eigenvalue weighted by Gasteiger charge is 2.30. The lowest BCUT2D eigenvalue weighted by Crippen LogP contribution is -2.45. The van der Waals surface area contributed by atoms with E-state index in [4.69, 9.17) is 9.47 Å². The topological polar surface area (TPSA) is 58.1 Å². The number of likely N-dealkylation sites (tertiary alicyclic amines) is 1. The maximum Gasteiger partial charge on any atom is 0.190 e. The normalized spacial score (nSPS) is 21.1. The highest BCUT2D eigenvalue weighted by molar-refractivity contribution is 5.79. The summed E-state index contributed by atoms with van der Waals surface area (Å²) < 4.78 is 10.7. The summed E-state index contributed by atoms with van der Waals surface area (Å²) in [5, 5.41) is 6.90. The number of benzene rings is 1. The van der Waals surface area contributed by atoms with Crippen molar-refractivity contribution in [1.82, 2.24) is 15.5 Å². The standard InChI is InChI=1S/C21H36N4O2/c1-5-27-15-7-13-23-21(22-2)24-16-18-8-6-14-25(3)20(18)17-9-11-19(26-4)12-10-17/h9-12,18,20H,5-8,13-16H2,1-4H3,(H2,22,23,24). The fraction of sp³-hybridized carbons (Fsp3) is 0.667. The Balaban J connectivity index is 1.91. The van der Waals surface area contributed by atoms with E-state index in [-0.39, 0.29) is 0 Å². The Bertz CT molecular complexity index is 562. The zero-order chi connectivity index (χ0) is 19.5. The van der Waals surface area contributed by atoms with Crippen LogP contribution in [0.5, 0.6) is 5.75 Å². The van der Waals surface area contributed by atoms with Gasteiger partial charge in [0.2, 0.25) is 0 Å². The van der Waals surface area contributed by atoms with Gasteiger partial charge in [0.25, 0.3) is 0 Å². The number of methoxy groups -OCH3 is 1. The molecule has 6 heteroatoms. The van der Waals surface area contributed by atoms with E-state index in [2.05, 4.69) is 51.8 Å². The zero-order valence-corrected chi connectivity index (χ0v) is 17.3. The van der Waals surface area contributed by atoms with Gasteiger partial charge in [-0.3, -0.25) is 9.89 Å². The summed E-state index contributed by atoms with van der Waals surface area (Å²) in [5.41, 5.74) is 1.35. The van der Waals surface area contributed by atoms with Gasteiger partial charge in [-0.2, -0.15) is 0 Å². The number of nitrogens with zero attached hydrogens (tertiary/aromatic N) is 2. The first kappa shape index (κ1) is 21.5.